The predicted molar refractivity (Wildman–Crippen MR) is 77.7 cm³/mol. The number of rotatable bonds is 11. The van der Waals surface area contributed by atoms with Crippen LogP contribution in [0.1, 0.15) is 39.5 Å². The molecule has 1 N–H and O–H groups in total. The second kappa shape index (κ2) is 11.0. The molecule has 0 radical (unpaired) electrons. The van der Waals surface area contributed by atoms with Crippen molar-refractivity contribution < 1.29 is 0 Å². The van der Waals surface area contributed by atoms with E-state index in [2.05, 4.69) is 50.1 Å². The number of nitrogens with one attached hydrogen (secondary N) is 1. The fourth-order valence-electron chi connectivity index (χ4n) is 1.81. The van der Waals surface area contributed by atoms with Gasteiger partial charge >= 0.3 is 0 Å². The first kappa shape index (κ1) is 16.9. The Morgan fingerprint density at radius 2 is 1.71 bits per heavy atom. The van der Waals surface area contributed by atoms with Crippen LogP contribution in [0.25, 0.3) is 0 Å². The molecule has 0 fully saturated rings. The first-order valence-electron chi connectivity index (χ1n) is 7.13. The van der Waals surface area contributed by atoms with Crippen molar-refractivity contribution in [2.45, 2.75) is 45.6 Å². The summed E-state index contributed by atoms with van der Waals surface area (Å²) < 4.78 is 0. The lowest BCUT2D eigenvalue weighted by Crippen LogP contribution is -2.30. The van der Waals surface area contributed by atoms with Gasteiger partial charge in [0, 0.05) is 19.1 Å². The lowest BCUT2D eigenvalue weighted by atomic mass is 10.1. The van der Waals surface area contributed by atoms with Crippen LogP contribution in [0.4, 0.5) is 0 Å². The van der Waals surface area contributed by atoms with E-state index in [9.17, 15) is 0 Å². The minimum atomic E-state index is 0.682. The van der Waals surface area contributed by atoms with Crippen LogP contribution in [0.3, 0.4) is 0 Å². The molecule has 0 saturated heterocycles. The highest BCUT2D eigenvalue weighted by Crippen LogP contribution is 2.01. The van der Waals surface area contributed by atoms with Gasteiger partial charge in [0.2, 0.25) is 0 Å². The van der Waals surface area contributed by atoms with Crippen molar-refractivity contribution in [3.8, 4) is 0 Å². The smallest absolute Gasteiger partial charge is 0.0106 e. The molecule has 0 saturated carbocycles. The molecule has 3 heteroatoms. The molecule has 0 amide bonds. The van der Waals surface area contributed by atoms with Crippen molar-refractivity contribution in [3.63, 3.8) is 0 Å². The number of hydrogen-bond acceptors (Lipinski definition) is 3. The Morgan fingerprint density at radius 1 is 1.00 bits per heavy atom. The van der Waals surface area contributed by atoms with Crippen molar-refractivity contribution in [2.75, 3.05) is 47.3 Å². The van der Waals surface area contributed by atoms with E-state index in [4.69, 9.17) is 0 Å². The largest absolute Gasteiger partial charge is 0.314 e. The zero-order valence-corrected chi connectivity index (χ0v) is 12.6. The molecule has 1 atom stereocenters. The highest BCUT2D eigenvalue weighted by molar-refractivity contribution is 4.61. The summed E-state index contributed by atoms with van der Waals surface area (Å²) in [6.45, 7) is 9.24. The first-order chi connectivity index (χ1) is 8.06. The number of hydrogen-bond donors (Lipinski definition) is 1. The van der Waals surface area contributed by atoms with Crippen LogP contribution in [-0.2, 0) is 0 Å². The van der Waals surface area contributed by atoms with Crippen LogP contribution >= 0.6 is 0 Å². The normalized spacial score (nSPS) is 13.6. The van der Waals surface area contributed by atoms with Gasteiger partial charge in [0.1, 0.15) is 0 Å². The highest BCUT2D eigenvalue weighted by atomic mass is 15.1. The molecule has 0 aliphatic carbocycles. The van der Waals surface area contributed by atoms with Crippen molar-refractivity contribution in [1.29, 1.82) is 0 Å². The third-order valence-corrected chi connectivity index (χ3v) is 3.10. The Kier molecular flexibility index (Phi) is 10.9. The maximum absolute atomic E-state index is 3.54. The third-order valence-electron chi connectivity index (χ3n) is 3.10. The van der Waals surface area contributed by atoms with Crippen LogP contribution in [0.15, 0.2) is 0 Å². The van der Waals surface area contributed by atoms with E-state index in [1.54, 1.807) is 0 Å². The van der Waals surface area contributed by atoms with Crippen LogP contribution in [0.2, 0.25) is 0 Å². The van der Waals surface area contributed by atoms with Crippen LogP contribution in [0.5, 0.6) is 0 Å². The average Bonchev–Trinajstić information content (AvgIpc) is 2.29. The van der Waals surface area contributed by atoms with Gasteiger partial charge in [-0.1, -0.05) is 13.3 Å². The minimum Gasteiger partial charge on any atom is -0.314 e. The lowest BCUT2D eigenvalue weighted by molar-refractivity contribution is 0.275. The highest BCUT2D eigenvalue weighted by Gasteiger charge is 2.02. The van der Waals surface area contributed by atoms with Gasteiger partial charge < -0.3 is 15.1 Å². The minimum absolute atomic E-state index is 0.682. The van der Waals surface area contributed by atoms with Gasteiger partial charge in [-0.15, -0.1) is 0 Å². The first-order valence-corrected chi connectivity index (χ1v) is 7.13. The molecule has 0 aromatic carbocycles. The molecule has 0 heterocycles. The van der Waals surface area contributed by atoms with E-state index in [0.717, 1.165) is 13.1 Å². The van der Waals surface area contributed by atoms with Crippen LogP contribution in [-0.4, -0.2) is 63.2 Å². The molecule has 0 aromatic rings. The number of likely N-dealkylation sites (N-methyl/N-ethyl adjacent to an activating group) is 2. The summed E-state index contributed by atoms with van der Waals surface area (Å²) in [5.74, 6) is 0. The van der Waals surface area contributed by atoms with Gasteiger partial charge in [0.15, 0.2) is 0 Å². The lowest BCUT2D eigenvalue weighted by Gasteiger charge is -2.19. The van der Waals surface area contributed by atoms with E-state index in [-0.39, 0.29) is 0 Å². The Labute approximate surface area is 109 Å². The van der Waals surface area contributed by atoms with Crippen LogP contribution in [0, 0.1) is 0 Å². The van der Waals surface area contributed by atoms with E-state index in [0.29, 0.717) is 6.04 Å². The SMILES string of the molecule is CCCNC(C)CCCCN(C)CCN(C)C. The van der Waals surface area contributed by atoms with Gasteiger partial charge in [0.25, 0.3) is 0 Å². The molecule has 3 nitrogen and oxygen atoms in total. The molecule has 1 unspecified atom stereocenters. The standard InChI is InChI=1S/C14H33N3/c1-6-10-15-14(2)9-7-8-11-17(5)13-12-16(3)4/h14-15H,6-13H2,1-5H3. The van der Waals surface area contributed by atoms with Crippen molar-refractivity contribution >= 4 is 0 Å². The van der Waals surface area contributed by atoms with Gasteiger partial charge in [0.05, 0.1) is 0 Å². The maximum Gasteiger partial charge on any atom is 0.0106 e. The van der Waals surface area contributed by atoms with E-state index in [1.807, 2.05) is 0 Å². The molecule has 0 bridgehead atoms. The maximum atomic E-state index is 3.54. The summed E-state index contributed by atoms with van der Waals surface area (Å²) in [5.41, 5.74) is 0. The quantitative estimate of drug-likeness (QED) is 0.560. The summed E-state index contributed by atoms with van der Waals surface area (Å²) in [5, 5.41) is 3.54. The molecule has 0 spiro atoms. The van der Waals surface area contributed by atoms with Gasteiger partial charge in [-0.25, -0.2) is 0 Å². The third kappa shape index (κ3) is 12.1. The zero-order valence-electron chi connectivity index (χ0n) is 12.6. The molecule has 0 aliphatic heterocycles. The Morgan fingerprint density at radius 3 is 2.29 bits per heavy atom. The number of nitrogens with zero attached hydrogens (tertiary/aromatic N) is 2. The van der Waals surface area contributed by atoms with Crippen molar-refractivity contribution in [3.05, 3.63) is 0 Å². The fraction of sp³-hybridized carbons (Fsp3) is 1.00. The summed E-state index contributed by atoms with van der Waals surface area (Å²) in [4.78, 5) is 4.68. The zero-order chi connectivity index (χ0) is 13.1. The molecule has 0 aromatic heterocycles. The Hall–Kier alpha value is -0.120. The second-order valence-electron chi connectivity index (χ2n) is 5.46. The van der Waals surface area contributed by atoms with Gasteiger partial charge in [-0.05, 0) is 60.4 Å². The van der Waals surface area contributed by atoms with Gasteiger partial charge in [-0.3, -0.25) is 0 Å². The summed E-state index contributed by atoms with van der Waals surface area (Å²) >= 11 is 0. The Balaban J connectivity index is 3.31. The fourth-order valence-corrected chi connectivity index (χ4v) is 1.81. The summed E-state index contributed by atoms with van der Waals surface area (Å²) in [7, 11) is 6.49. The predicted octanol–water partition coefficient (Wildman–Crippen LogP) is 2.04. The molecule has 17 heavy (non-hydrogen) atoms. The van der Waals surface area contributed by atoms with Crippen LogP contribution < -0.4 is 5.32 Å². The van der Waals surface area contributed by atoms with Gasteiger partial charge in [-0.2, -0.15) is 0 Å². The summed E-state index contributed by atoms with van der Waals surface area (Å²) in [6.07, 6.45) is 5.20. The van der Waals surface area contributed by atoms with E-state index >= 15 is 0 Å². The van der Waals surface area contributed by atoms with E-state index in [1.165, 1.54) is 38.8 Å². The molecule has 0 rings (SSSR count). The molecular formula is C14H33N3. The van der Waals surface area contributed by atoms with E-state index < -0.39 is 0 Å². The number of unbranched alkanes of at least 4 members (excludes halogenated alkanes) is 1. The Bertz CT molecular complexity index is 160. The monoisotopic (exact) mass is 243 g/mol. The molecular weight excluding hydrogens is 210 g/mol. The molecule has 104 valence electrons. The second-order valence-corrected chi connectivity index (χ2v) is 5.46. The van der Waals surface area contributed by atoms with Crippen molar-refractivity contribution in [1.82, 2.24) is 15.1 Å². The average molecular weight is 243 g/mol. The topological polar surface area (TPSA) is 18.5 Å². The molecule has 0 aliphatic rings. The summed E-state index contributed by atoms with van der Waals surface area (Å²) in [6, 6.07) is 0.682. The van der Waals surface area contributed by atoms with Crippen molar-refractivity contribution in [2.24, 2.45) is 0 Å².